The van der Waals surface area contributed by atoms with Crippen LogP contribution in [-0.4, -0.2) is 24.7 Å². The molecule has 1 saturated heterocycles. The average Bonchev–Trinajstić information content (AvgIpc) is 2.58. The lowest BCUT2D eigenvalue weighted by Crippen LogP contribution is -2.23. The van der Waals surface area contributed by atoms with Crippen LogP contribution >= 0.6 is 0 Å². The van der Waals surface area contributed by atoms with Gasteiger partial charge in [-0.2, -0.15) is 0 Å². The first-order valence-electron chi connectivity index (χ1n) is 6.57. The summed E-state index contributed by atoms with van der Waals surface area (Å²) >= 11 is 0. The number of rotatable bonds is 7. The van der Waals surface area contributed by atoms with Crippen LogP contribution in [0.3, 0.4) is 0 Å². The molecule has 0 aliphatic carbocycles. The Hall–Kier alpha value is -0.570. The van der Waals surface area contributed by atoms with Crippen LogP contribution < -0.4 is 5.32 Å². The Morgan fingerprint density at radius 3 is 2.75 bits per heavy atom. The molecule has 0 spiro atoms. The maximum atomic E-state index is 11.4. The van der Waals surface area contributed by atoms with Crippen molar-refractivity contribution in [2.75, 3.05) is 6.54 Å². The summed E-state index contributed by atoms with van der Waals surface area (Å²) in [5.74, 6) is 0.187. The van der Waals surface area contributed by atoms with E-state index in [1.165, 1.54) is 6.42 Å². The van der Waals surface area contributed by atoms with Crippen LogP contribution in [0, 0.1) is 5.92 Å². The molecule has 3 heteroatoms. The van der Waals surface area contributed by atoms with Gasteiger partial charge in [-0.25, -0.2) is 0 Å². The topological polar surface area (TPSA) is 38.3 Å². The van der Waals surface area contributed by atoms with Gasteiger partial charge in [-0.15, -0.1) is 0 Å². The fourth-order valence-electron chi connectivity index (χ4n) is 2.12. The minimum Gasteiger partial charge on any atom is -0.462 e. The molecule has 0 aromatic heterocycles. The van der Waals surface area contributed by atoms with Gasteiger partial charge in [-0.3, -0.25) is 4.79 Å². The molecule has 0 radical (unpaired) electrons. The van der Waals surface area contributed by atoms with E-state index >= 15 is 0 Å². The Balaban J connectivity index is 2.04. The molecule has 16 heavy (non-hydrogen) atoms. The van der Waals surface area contributed by atoms with Crippen molar-refractivity contribution < 1.29 is 9.53 Å². The molecule has 2 unspecified atom stereocenters. The number of hydrogen-bond acceptors (Lipinski definition) is 3. The molecule has 0 aromatic carbocycles. The molecular formula is C13H25NO2. The third-order valence-electron chi connectivity index (χ3n) is 3.16. The molecule has 0 saturated carbocycles. The summed E-state index contributed by atoms with van der Waals surface area (Å²) in [7, 11) is 0. The Morgan fingerprint density at radius 1 is 1.44 bits per heavy atom. The van der Waals surface area contributed by atoms with E-state index < -0.39 is 0 Å². The van der Waals surface area contributed by atoms with E-state index in [1.807, 2.05) is 0 Å². The molecule has 94 valence electrons. The predicted octanol–water partition coefficient (Wildman–Crippen LogP) is 2.50. The van der Waals surface area contributed by atoms with Crippen molar-refractivity contribution in [1.29, 1.82) is 0 Å². The smallest absolute Gasteiger partial charge is 0.309 e. The van der Waals surface area contributed by atoms with Gasteiger partial charge in [0.05, 0.1) is 5.92 Å². The Bertz CT molecular complexity index is 216. The fourth-order valence-corrected chi connectivity index (χ4v) is 2.12. The molecule has 1 rings (SSSR count). The van der Waals surface area contributed by atoms with Crippen LogP contribution in [0.5, 0.6) is 0 Å². The maximum absolute atomic E-state index is 11.4. The second-order valence-electron chi connectivity index (χ2n) is 5.00. The van der Waals surface area contributed by atoms with Crippen molar-refractivity contribution in [3.8, 4) is 0 Å². The lowest BCUT2D eigenvalue weighted by molar-refractivity contribution is -0.144. The zero-order chi connectivity index (χ0) is 12.0. The zero-order valence-electron chi connectivity index (χ0n) is 10.8. The molecule has 3 nitrogen and oxygen atoms in total. The molecule has 0 aromatic rings. The van der Waals surface area contributed by atoms with E-state index in [0.717, 1.165) is 32.2 Å². The van der Waals surface area contributed by atoms with Crippen molar-refractivity contribution in [1.82, 2.24) is 5.32 Å². The minimum absolute atomic E-state index is 0.0211. The number of carbonyl (C=O) groups is 1. The summed E-state index contributed by atoms with van der Waals surface area (Å²) < 4.78 is 5.33. The summed E-state index contributed by atoms with van der Waals surface area (Å²) in [5, 5.41) is 3.39. The summed E-state index contributed by atoms with van der Waals surface area (Å²) in [6.07, 6.45) is 5.40. The molecule has 1 fully saturated rings. The molecule has 0 bridgehead atoms. The van der Waals surface area contributed by atoms with Gasteiger partial charge in [0, 0.05) is 6.04 Å². The Morgan fingerprint density at radius 2 is 2.19 bits per heavy atom. The van der Waals surface area contributed by atoms with Gasteiger partial charge in [0.1, 0.15) is 6.10 Å². The zero-order valence-corrected chi connectivity index (χ0v) is 10.8. The fraction of sp³-hybridized carbons (Fsp3) is 0.923. The van der Waals surface area contributed by atoms with Crippen molar-refractivity contribution in [3.05, 3.63) is 0 Å². The summed E-state index contributed by atoms with van der Waals surface area (Å²) in [6, 6.07) is 0.564. The van der Waals surface area contributed by atoms with Gasteiger partial charge in [-0.05, 0) is 38.6 Å². The SMILES string of the molecule is CCC1CC(CCCCNC(C)C)OC1=O. The Kier molecular flexibility index (Phi) is 5.81. The van der Waals surface area contributed by atoms with E-state index in [4.69, 9.17) is 4.74 Å². The van der Waals surface area contributed by atoms with Crippen LogP contribution in [0.4, 0.5) is 0 Å². The number of carbonyl (C=O) groups excluding carboxylic acids is 1. The second kappa shape index (κ2) is 6.89. The quantitative estimate of drug-likeness (QED) is 0.536. The molecule has 1 heterocycles. The van der Waals surface area contributed by atoms with Crippen molar-refractivity contribution >= 4 is 5.97 Å². The molecule has 0 amide bonds. The number of hydrogen-bond donors (Lipinski definition) is 1. The normalized spacial score (nSPS) is 25.1. The number of esters is 1. The van der Waals surface area contributed by atoms with E-state index in [2.05, 4.69) is 26.1 Å². The monoisotopic (exact) mass is 227 g/mol. The van der Waals surface area contributed by atoms with Gasteiger partial charge in [0.15, 0.2) is 0 Å². The third kappa shape index (κ3) is 4.52. The van der Waals surface area contributed by atoms with E-state index in [0.29, 0.717) is 6.04 Å². The number of unbranched alkanes of at least 4 members (excludes halogenated alkanes) is 1. The van der Waals surface area contributed by atoms with Gasteiger partial charge >= 0.3 is 5.97 Å². The van der Waals surface area contributed by atoms with Gasteiger partial charge in [0.2, 0.25) is 0 Å². The predicted molar refractivity (Wildman–Crippen MR) is 65.3 cm³/mol. The van der Waals surface area contributed by atoms with E-state index in [1.54, 1.807) is 0 Å². The van der Waals surface area contributed by atoms with Crippen molar-refractivity contribution in [2.24, 2.45) is 5.92 Å². The molecule has 2 atom stereocenters. The molecular weight excluding hydrogens is 202 g/mol. The van der Waals surface area contributed by atoms with Gasteiger partial charge in [0.25, 0.3) is 0 Å². The number of nitrogens with one attached hydrogen (secondary N) is 1. The molecule has 1 aliphatic rings. The van der Waals surface area contributed by atoms with Crippen LogP contribution in [0.15, 0.2) is 0 Å². The first-order chi connectivity index (χ1) is 7.63. The lowest BCUT2D eigenvalue weighted by atomic mass is 10.00. The summed E-state index contributed by atoms with van der Waals surface area (Å²) in [4.78, 5) is 11.4. The molecule has 1 aliphatic heterocycles. The van der Waals surface area contributed by atoms with Crippen LogP contribution in [0.25, 0.3) is 0 Å². The van der Waals surface area contributed by atoms with Gasteiger partial charge < -0.3 is 10.1 Å². The lowest BCUT2D eigenvalue weighted by Gasteiger charge is -2.10. The highest BCUT2D eigenvalue weighted by Gasteiger charge is 2.32. The molecule has 1 N–H and O–H groups in total. The van der Waals surface area contributed by atoms with E-state index in [-0.39, 0.29) is 18.0 Å². The Labute approximate surface area is 98.9 Å². The second-order valence-corrected chi connectivity index (χ2v) is 5.00. The average molecular weight is 227 g/mol. The largest absolute Gasteiger partial charge is 0.462 e. The summed E-state index contributed by atoms with van der Waals surface area (Å²) in [5.41, 5.74) is 0. The van der Waals surface area contributed by atoms with E-state index in [9.17, 15) is 4.79 Å². The van der Waals surface area contributed by atoms with Crippen LogP contribution in [0.1, 0.15) is 52.9 Å². The highest BCUT2D eigenvalue weighted by Crippen LogP contribution is 2.26. The van der Waals surface area contributed by atoms with Crippen LogP contribution in [0.2, 0.25) is 0 Å². The first kappa shape index (κ1) is 13.5. The maximum Gasteiger partial charge on any atom is 0.309 e. The van der Waals surface area contributed by atoms with Crippen molar-refractivity contribution in [2.45, 2.75) is 65.0 Å². The van der Waals surface area contributed by atoms with Crippen molar-refractivity contribution in [3.63, 3.8) is 0 Å². The summed E-state index contributed by atoms with van der Waals surface area (Å²) in [6.45, 7) is 7.44. The first-order valence-corrected chi connectivity index (χ1v) is 6.57. The van der Waals surface area contributed by atoms with Crippen LogP contribution in [-0.2, 0) is 9.53 Å². The number of cyclic esters (lactones) is 1. The standard InChI is InChI=1S/C13H25NO2/c1-4-11-9-12(16-13(11)15)7-5-6-8-14-10(2)3/h10-12,14H,4-9H2,1-3H3. The van der Waals surface area contributed by atoms with Gasteiger partial charge in [-0.1, -0.05) is 20.8 Å². The number of ether oxygens (including phenoxy) is 1. The highest BCUT2D eigenvalue weighted by atomic mass is 16.5. The third-order valence-corrected chi connectivity index (χ3v) is 3.16. The minimum atomic E-state index is 0.0211. The highest BCUT2D eigenvalue weighted by molar-refractivity contribution is 5.74.